The lowest BCUT2D eigenvalue weighted by atomic mass is 9.92. The van der Waals surface area contributed by atoms with Gasteiger partial charge in [-0.15, -0.1) is 0 Å². The van der Waals surface area contributed by atoms with Crippen LogP contribution in [-0.4, -0.2) is 50.0 Å². The topological polar surface area (TPSA) is 83.9 Å². The molecule has 94 valence electrons. The first-order valence-corrected chi connectivity index (χ1v) is 6.97. The lowest BCUT2D eigenvalue weighted by Crippen LogP contribution is -2.40. The van der Waals surface area contributed by atoms with E-state index < -0.39 is 16.2 Å². The van der Waals surface area contributed by atoms with Crippen LogP contribution in [0.5, 0.6) is 0 Å². The summed E-state index contributed by atoms with van der Waals surface area (Å²) in [6.45, 7) is 2.59. The van der Waals surface area contributed by atoms with Crippen molar-refractivity contribution in [1.29, 1.82) is 0 Å². The third-order valence-electron chi connectivity index (χ3n) is 2.80. The van der Waals surface area contributed by atoms with Crippen LogP contribution in [0.4, 0.5) is 4.79 Å². The number of carbonyl (C=O) groups is 1. The number of piperidine rings is 1. The van der Waals surface area contributed by atoms with Gasteiger partial charge in [-0.3, -0.25) is 4.18 Å². The summed E-state index contributed by atoms with van der Waals surface area (Å²) in [5.74, 6) is 0.102. The molecule has 1 heterocycles. The monoisotopic (exact) mass is 251 g/mol. The average molecular weight is 251 g/mol. The summed E-state index contributed by atoms with van der Waals surface area (Å²) >= 11 is 0. The Balaban J connectivity index is 2.45. The van der Waals surface area contributed by atoms with Crippen LogP contribution in [0.25, 0.3) is 0 Å². The SMILES string of the molecule is C[C@@H](OS(C)(=O)=O)C1CCN(C(=O)O)CC1. The molecule has 1 aliphatic rings. The van der Waals surface area contributed by atoms with Crippen LogP contribution in [0.3, 0.4) is 0 Å². The Hall–Kier alpha value is -0.820. The first kappa shape index (κ1) is 13.2. The van der Waals surface area contributed by atoms with E-state index in [0.29, 0.717) is 25.9 Å². The van der Waals surface area contributed by atoms with Crippen molar-refractivity contribution in [1.82, 2.24) is 4.90 Å². The molecule has 0 aromatic carbocycles. The van der Waals surface area contributed by atoms with E-state index in [4.69, 9.17) is 9.29 Å². The van der Waals surface area contributed by atoms with E-state index >= 15 is 0 Å². The number of nitrogens with zero attached hydrogens (tertiary/aromatic N) is 1. The van der Waals surface area contributed by atoms with Gasteiger partial charge in [-0.05, 0) is 25.7 Å². The molecule has 0 unspecified atom stereocenters. The molecule has 1 atom stereocenters. The number of rotatable bonds is 3. The normalized spacial score (nSPS) is 20.8. The molecule has 1 rings (SSSR count). The maximum atomic E-state index is 10.9. The van der Waals surface area contributed by atoms with E-state index in [-0.39, 0.29) is 12.0 Å². The number of likely N-dealkylation sites (tertiary alicyclic amines) is 1. The number of amides is 1. The fourth-order valence-corrected chi connectivity index (χ4v) is 2.62. The highest BCUT2D eigenvalue weighted by Crippen LogP contribution is 2.23. The van der Waals surface area contributed by atoms with Gasteiger partial charge in [-0.25, -0.2) is 4.79 Å². The van der Waals surface area contributed by atoms with E-state index in [2.05, 4.69) is 0 Å². The molecule has 0 spiro atoms. The van der Waals surface area contributed by atoms with Crippen molar-refractivity contribution in [3.63, 3.8) is 0 Å². The Morgan fingerprint density at radius 3 is 2.31 bits per heavy atom. The highest BCUT2D eigenvalue weighted by molar-refractivity contribution is 7.86. The van der Waals surface area contributed by atoms with E-state index in [1.165, 1.54) is 4.90 Å². The van der Waals surface area contributed by atoms with Gasteiger partial charge in [-0.1, -0.05) is 0 Å². The average Bonchev–Trinajstić information content (AvgIpc) is 2.15. The van der Waals surface area contributed by atoms with Gasteiger partial charge in [0.2, 0.25) is 0 Å². The summed E-state index contributed by atoms with van der Waals surface area (Å²) < 4.78 is 26.7. The molecule has 6 nitrogen and oxygen atoms in total. The molecular weight excluding hydrogens is 234 g/mol. The summed E-state index contributed by atoms with van der Waals surface area (Å²) in [7, 11) is -3.43. The van der Waals surface area contributed by atoms with Crippen molar-refractivity contribution in [3.8, 4) is 0 Å². The summed E-state index contributed by atoms with van der Waals surface area (Å²) in [4.78, 5) is 12.0. The molecule has 1 aliphatic heterocycles. The van der Waals surface area contributed by atoms with Gasteiger partial charge in [0.25, 0.3) is 10.1 Å². The Labute approximate surface area is 95.3 Å². The molecule has 1 amide bonds. The van der Waals surface area contributed by atoms with Gasteiger partial charge in [-0.2, -0.15) is 8.42 Å². The third kappa shape index (κ3) is 3.97. The van der Waals surface area contributed by atoms with Crippen LogP contribution in [0.2, 0.25) is 0 Å². The molecule has 0 aromatic heterocycles. The molecule has 0 radical (unpaired) electrons. The molecule has 0 aromatic rings. The number of carboxylic acid groups (broad SMARTS) is 1. The van der Waals surface area contributed by atoms with Gasteiger partial charge in [0, 0.05) is 13.1 Å². The molecule has 16 heavy (non-hydrogen) atoms. The van der Waals surface area contributed by atoms with E-state index in [1.54, 1.807) is 6.92 Å². The van der Waals surface area contributed by atoms with E-state index in [0.717, 1.165) is 6.26 Å². The van der Waals surface area contributed by atoms with Crippen molar-refractivity contribution in [2.24, 2.45) is 5.92 Å². The largest absolute Gasteiger partial charge is 0.465 e. The smallest absolute Gasteiger partial charge is 0.407 e. The predicted octanol–water partition coefficient (Wildman–Crippen LogP) is 0.741. The Morgan fingerprint density at radius 1 is 1.44 bits per heavy atom. The van der Waals surface area contributed by atoms with Crippen molar-refractivity contribution < 1.29 is 22.5 Å². The minimum absolute atomic E-state index is 0.102. The summed E-state index contributed by atoms with van der Waals surface area (Å²) in [5, 5.41) is 8.75. The zero-order valence-corrected chi connectivity index (χ0v) is 10.2. The zero-order valence-electron chi connectivity index (χ0n) is 9.42. The number of hydrogen-bond donors (Lipinski definition) is 1. The predicted molar refractivity (Wildman–Crippen MR) is 57.7 cm³/mol. The Bertz CT molecular complexity index is 345. The lowest BCUT2D eigenvalue weighted by Gasteiger charge is -2.32. The minimum Gasteiger partial charge on any atom is -0.465 e. The van der Waals surface area contributed by atoms with Crippen LogP contribution >= 0.6 is 0 Å². The quantitative estimate of drug-likeness (QED) is 0.748. The maximum absolute atomic E-state index is 10.9. The van der Waals surface area contributed by atoms with Crippen molar-refractivity contribution in [2.75, 3.05) is 19.3 Å². The van der Waals surface area contributed by atoms with Crippen molar-refractivity contribution >= 4 is 16.2 Å². The van der Waals surface area contributed by atoms with Crippen LogP contribution in [0.1, 0.15) is 19.8 Å². The molecular formula is C9H17NO5S. The summed E-state index contributed by atoms with van der Waals surface area (Å²) in [6.07, 6.45) is 1.00. The Morgan fingerprint density at radius 2 is 1.94 bits per heavy atom. The second-order valence-electron chi connectivity index (χ2n) is 4.11. The highest BCUT2D eigenvalue weighted by Gasteiger charge is 2.28. The fourth-order valence-electron chi connectivity index (χ4n) is 1.91. The van der Waals surface area contributed by atoms with Crippen LogP contribution in [-0.2, 0) is 14.3 Å². The standard InChI is InChI=1S/C9H17NO5S/c1-7(15-16(2,13)14)8-3-5-10(6-4-8)9(11)12/h7-8H,3-6H2,1-2H3,(H,11,12)/t7-/m1/s1. The summed E-state index contributed by atoms with van der Waals surface area (Å²) in [6, 6.07) is 0. The molecule has 0 saturated carbocycles. The van der Waals surface area contributed by atoms with Crippen molar-refractivity contribution in [3.05, 3.63) is 0 Å². The lowest BCUT2D eigenvalue weighted by molar-refractivity contribution is 0.0847. The maximum Gasteiger partial charge on any atom is 0.407 e. The second-order valence-corrected chi connectivity index (χ2v) is 5.71. The zero-order chi connectivity index (χ0) is 12.3. The second kappa shape index (κ2) is 5.01. The molecule has 0 aliphatic carbocycles. The van der Waals surface area contributed by atoms with Gasteiger partial charge >= 0.3 is 6.09 Å². The third-order valence-corrected chi connectivity index (χ3v) is 3.45. The first-order valence-electron chi connectivity index (χ1n) is 5.15. The molecule has 1 fully saturated rings. The van der Waals surface area contributed by atoms with Crippen LogP contribution < -0.4 is 0 Å². The highest BCUT2D eigenvalue weighted by atomic mass is 32.2. The molecule has 1 N–H and O–H groups in total. The fraction of sp³-hybridized carbons (Fsp3) is 0.889. The van der Waals surface area contributed by atoms with Gasteiger partial charge < -0.3 is 10.0 Å². The molecule has 1 saturated heterocycles. The first-order chi connectivity index (χ1) is 7.29. The Kier molecular flexibility index (Phi) is 4.15. The number of hydrogen-bond acceptors (Lipinski definition) is 4. The molecule has 0 bridgehead atoms. The van der Waals surface area contributed by atoms with Gasteiger partial charge in [0.05, 0.1) is 12.4 Å². The van der Waals surface area contributed by atoms with E-state index in [9.17, 15) is 13.2 Å². The summed E-state index contributed by atoms with van der Waals surface area (Å²) in [5.41, 5.74) is 0. The van der Waals surface area contributed by atoms with Gasteiger partial charge in [0.1, 0.15) is 0 Å². The van der Waals surface area contributed by atoms with Crippen molar-refractivity contribution in [2.45, 2.75) is 25.9 Å². The molecule has 7 heteroatoms. The van der Waals surface area contributed by atoms with E-state index in [1.807, 2.05) is 0 Å². The van der Waals surface area contributed by atoms with Gasteiger partial charge in [0.15, 0.2) is 0 Å². The van der Waals surface area contributed by atoms with Crippen LogP contribution in [0, 0.1) is 5.92 Å². The minimum atomic E-state index is -3.43. The van der Waals surface area contributed by atoms with Crippen LogP contribution in [0.15, 0.2) is 0 Å².